The highest BCUT2D eigenvalue weighted by molar-refractivity contribution is 5.74. The van der Waals surface area contributed by atoms with Crippen molar-refractivity contribution in [2.24, 2.45) is 5.73 Å². The van der Waals surface area contributed by atoms with Crippen molar-refractivity contribution in [3.05, 3.63) is 29.8 Å². The van der Waals surface area contributed by atoms with Crippen LogP contribution in [-0.2, 0) is 4.79 Å². The Labute approximate surface area is 82.0 Å². The van der Waals surface area contributed by atoms with Crippen molar-refractivity contribution in [3.63, 3.8) is 0 Å². The largest absolute Gasteiger partial charge is 0.508 e. The summed E-state index contributed by atoms with van der Waals surface area (Å²) in [6.45, 7) is 1.74. The number of nitrogens with two attached hydrogens (primary N) is 1. The first-order chi connectivity index (χ1) is 6.52. The molecule has 0 saturated carbocycles. The topological polar surface area (TPSA) is 83.5 Å². The highest BCUT2D eigenvalue weighted by Crippen LogP contribution is 2.20. The summed E-state index contributed by atoms with van der Waals surface area (Å²) in [7, 11) is 0. The number of phenols is 1. The minimum Gasteiger partial charge on any atom is -0.508 e. The molecule has 0 heterocycles. The van der Waals surface area contributed by atoms with Gasteiger partial charge in [-0.1, -0.05) is 19.1 Å². The van der Waals surface area contributed by atoms with E-state index in [1.807, 2.05) is 0 Å². The fourth-order valence-electron chi connectivity index (χ4n) is 1.20. The lowest BCUT2D eigenvalue weighted by atomic mass is 9.94. The van der Waals surface area contributed by atoms with Gasteiger partial charge in [-0.25, -0.2) is 0 Å². The average Bonchev–Trinajstić information content (AvgIpc) is 2.16. The van der Waals surface area contributed by atoms with E-state index in [0.29, 0.717) is 0 Å². The molecule has 0 spiro atoms. The lowest BCUT2D eigenvalue weighted by Gasteiger charge is -2.15. The smallest absolute Gasteiger partial charge is 0.321 e. The molecule has 0 aliphatic rings. The molecule has 14 heavy (non-hydrogen) atoms. The van der Waals surface area contributed by atoms with E-state index in [4.69, 9.17) is 15.9 Å². The number of phenolic OH excluding ortho intramolecular Hbond substituents is 1. The van der Waals surface area contributed by atoms with Crippen LogP contribution < -0.4 is 5.73 Å². The Morgan fingerprint density at radius 2 is 1.86 bits per heavy atom. The van der Waals surface area contributed by atoms with Gasteiger partial charge in [0.25, 0.3) is 0 Å². The van der Waals surface area contributed by atoms with E-state index in [1.165, 1.54) is 12.1 Å². The summed E-state index contributed by atoms with van der Waals surface area (Å²) in [4.78, 5) is 10.6. The molecule has 4 nitrogen and oxygen atoms in total. The molecule has 4 heteroatoms. The normalized spacial score (nSPS) is 14.7. The standard InChI is InChI=1S/C10H13NO3/c1-6(9(11)10(13)14)7-2-4-8(12)5-3-7/h2-6,9,12H,11H2,1H3,(H,13,14)/t6?,9-/m1/s1. The number of carboxylic acid groups (broad SMARTS) is 1. The Morgan fingerprint density at radius 1 is 1.36 bits per heavy atom. The van der Waals surface area contributed by atoms with E-state index in [1.54, 1.807) is 19.1 Å². The molecule has 0 saturated heterocycles. The maximum atomic E-state index is 10.6. The van der Waals surface area contributed by atoms with Crippen LogP contribution in [0.2, 0.25) is 0 Å². The third kappa shape index (κ3) is 2.23. The molecule has 0 fully saturated rings. The minimum atomic E-state index is -1.02. The third-order valence-electron chi connectivity index (χ3n) is 2.24. The molecule has 4 N–H and O–H groups in total. The van der Waals surface area contributed by atoms with Crippen LogP contribution in [0.1, 0.15) is 18.4 Å². The van der Waals surface area contributed by atoms with Gasteiger partial charge in [-0.3, -0.25) is 4.79 Å². The third-order valence-corrected chi connectivity index (χ3v) is 2.24. The maximum absolute atomic E-state index is 10.6. The van der Waals surface area contributed by atoms with Crippen LogP contribution in [0, 0.1) is 0 Å². The van der Waals surface area contributed by atoms with Crippen LogP contribution in [-0.4, -0.2) is 22.2 Å². The van der Waals surface area contributed by atoms with Gasteiger partial charge in [0, 0.05) is 5.92 Å². The molecule has 1 unspecified atom stereocenters. The molecular formula is C10H13NO3. The number of rotatable bonds is 3. The van der Waals surface area contributed by atoms with Crippen molar-refractivity contribution in [2.75, 3.05) is 0 Å². The Kier molecular flexibility index (Phi) is 3.09. The van der Waals surface area contributed by atoms with Crippen LogP contribution in [0.15, 0.2) is 24.3 Å². The molecule has 0 radical (unpaired) electrons. The van der Waals surface area contributed by atoms with Gasteiger partial charge in [0.2, 0.25) is 0 Å². The second kappa shape index (κ2) is 4.11. The molecule has 1 aromatic rings. The van der Waals surface area contributed by atoms with Gasteiger partial charge in [-0.05, 0) is 17.7 Å². The van der Waals surface area contributed by atoms with E-state index in [2.05, 4.69) is 0 Å². The zero-order chi connectivity index (χ0) is 10.7. The molecular weight excluding hydrogens is 182 g/mol. The fraction of sp³-hybridized carbons (Fsp3) is 0.300. The van der Waals surface area contributed by atoms with Crippen molar-refractivity contribution < 1.29 is 15.0 Å². The minimum absolute atomic E-state index is 0.157. The van der Waals surface area contributed by atoms with Crippen LogP contribution >= 0.6 is 0 Å². The van der Waals surface area contributed by atoms with Gasteiger partial charge < -0.3 is 15.9 Å². The fourth-order valence-corrected chi connectivity index (χ4v) is 1.20. The van der Waals surface area contributed by atoms with Crippen LogP contribution in [0.5, 0.6) is 5.75 Å². The number of benzene rings is 1. The highest BCUT2D eigenvalue weighted by atomic mass is 16.4. The van der Waals surface area contributed by atoms with Gasteiger partial charge in [0.1, 0.15) is 11.8 Å². The second-order valence-electron chi connectivity index (χ2n) is 3.24. The summed E-state index contributed by atoms with van der Waals surface area (Å²) in [5, 5.41) is 17.7. The van der Waals surface area contributed by atoms with Gasteiger partial charge in [-0.2, -0.15) is 0 Å². The second-order valence-corrected chi connectivity index (χ2v) is 3.24. The van der Waals surface area contributed by atoms with Crippen molar-refractivity contribution in [1.82, 2.24) is 0 Å². The van der Waals surface area contributed by atoms with Gasteiger partial charge in [0.05, 0.1) is 0 Å². The average molecular weight is 195 g/mol. The van der Waals surface area contributed by atoms with Crippen molar-refractivity contribution in [3.8, 4) is 5.75 Å². The van der Waals surface area contributed by atoms with E-state index in [-0.39, 0.29) is 11.7 Å². The molecule has 0 amide bonds. The van der Waals surface area contributed by atoms with Gasteiger partial charge in [-0.15, -0.1) is 0 Å². The Bertz CT molecular complexity index is 321. The maximum Gasteiger partial charge on any atom is 0.321 e. The Balaban J connectivity index is 2.84. The van der Waals surface area contributed by atoms with Gasteiger partial charge >= 0.3 is 5.97 Å². The lowest BCUT2D eigenvalue weighted by Crippen LogP contribution is -2.35. The SMILES string of the molecule is CC(c1ccc(O)cc1)[C@@H](N)C(=O)O. The summed E-state index contributed by atoms with van der Waals surface area (Å²) < 4.78 is 0. The highest BCUT2D eigenvalue weighted by Gasteiger charge is 2.21. The molecule has 1 rings (SSSR count). The van der Waals surface area contributed by atoms with Crippen molar-refractivity contribution >= 4 is 5.97 Å². The summed E-state index contributed by atoms with van der Waals surface area (Å²) in [6, 6.07) is 5.45. The Hall–Kier alpha value is -1.55. The number of aromatic hydroxyl groups is 1. The number of hydrogen-bond acceptors (Lipinski definition) is 3. The van der Waals surface area contributed by atoms with E-state index >= 15 is 0 Å². The van der Waals surface area contributed by atoms with Crippen LogP contribution in [0.4, 0.5) is 0 Å². The Morgan fingerprint density at radius 3 is 2.29 bits per heavy atom. The molecule has 0 bridgehead atoms. The monoisotopic (exact) mass is 195 g/mol. The molecule has 2 atom stereocenters. The molecule has 76 valence electrons. The summed E-state index contributed by atoms with van der Waals surface area (Å²) in [5.41, 5.74) is 6.27. The van der Waals surface area contributed by atoms with Crippen LogP contribution in [0.3, 0.4) is 0 Å². The first-order valence-electron chi connectivity index (χ1n) is 4.29. The zero-order valence-corrected chi connectivity index (χ0v) is 7.84. The number of carboxylic acids is 1. The van der Waals surface area contributed by atoms with Crippen molar-refractivity contribution in [2.45, 2.75) is 18.9 Å². The summed E-state index contributed by atoms with van der Waals surface area (Å²) in [5.74, 6) is -1.14. The first-order valence-corrected chi connectivity index (χ1v) is 4.29. The number of carbonyl (C=O) groups is 1. The summed E-state index contributed by atoms with van der Waals surface area (Å²) in [6.07, 6.45) is 0. The van der Waals surface area contributed by atoms with E-state index < -0.39 is 12.0 Å². The number of hydrogen-bond donors (Lipinski definition) is 3. The molecule has 0 aliphatic heterocycles. The van der Waals surface area contributed by atoms with Crippen molar-refractivity contribution in [1.29, 1.82) is 0 Å². The first kappa shape index (κ1) is 10.5. The predicted octanol–water partition coefficient (Wildman–Crippen LogP) is 0.908. The van der Waals surface area contributed by atoms with E-state index in [9.17, 15) is 4.79 Å². The van der Waals surface area contributed by atoms with E-state index in [0.717, 1.165) is 5.56 Å². The zero-order valence-electron chi connectivity index (χ0n) is 7.84. The number of aliphatic carboxylic acids is 1. The predicted molar refractivity (Wildman–Crippen MR) is 52.1 cm³/mol. The molecule has 1 aromatic carbocycles. The van der Waals surface area contributed by atoms with Crippen LogP contribution in [0.25, 0.3) is 0 Å². The van der Waals surface area contributed by atoms with Gasteiger partial charge in [0.15, 0.2) is 0 Å². The quantitative estimate of drug-likeness (QED) is 0.669. The lowest BCUT2D eigenvalue weighted by molar-refractivity contribution is -0.139. The molecule has 0 aliphatic carbocycles. The summed E-state index contributed by atoms with van der Waals surface area (Å²) >= 11 is 0. The molecule has 0 aromatic heterocycles.